The molecule has 0 radical (unpaired) electrons. The zero-order chi connectivity index (χ0) is 22.1. The van der Waals surface area contributed by atoms with Crippen LogP contribution in [0.4, 0.5) is 0 Å². The molecule has 0 saturated carbocycles. The Morgan fingerprint density at radius 2 is 1.45 bits per heavy atom. The average Bonchev–Trinajstić information content (AvgIpc) is 2.66. The Balaban J connectivity index is 2.41. The number of hydrogen-bond acceptors (Lipinski definition) is 14. The van der Waals surface area contributed by atoms with Crippen LogP contribution in [-0.4, -0.2) is 98.8 Å². The van der Waals surface area contributed by atoms with Crippen molar-refractivity contribution in [3.8, 4) is 0 Å². The van der Waals surface area contributed by atoms with Crippen LogP contribution in [0.1, 0.15) is 13.8 Å². The predicted octanol–water partition coefficient (Wildman–Crippen LogP) is -2.15. The number of aliphatic hydroxyl groups is 2. The molecular weight excluding hydrogens is 444 g/mol. The van der Waals surface area contributed by atoms with Crippen LogP contribution in [0.2, 0.25) is 0 Å². The van der Waals surface area contributed by atoms with Gasteiger partial charge in [-0.3, -0.25) is 0 Å². The van der Waals surface area contributed by atoms with E-state index in [4.69, 9.17) is 29.5 Å². The summed E-state index contributed by atoms with van der Waals surface area (Å²) in [5.41, 5.74) is 0. The highest BCUT2D eigenvalue weighted by atomic mass is 32.2. The van der Waals surface area contributed by atoms with Gasteiger partial charge in [0.25, 0.3) is 0 Å². The van der Waals surface area contributed by atoms with Crippen LogP contribution < -0.4 is 0 Å². The van der Waals surface area contributed by atoms with Crippen molar-refractivity contribution in [3.05, 3.63) is 0 Å². The predicted molar refractivity (Wildman–Crippen MR) is 90.0 cm³/mol. The van der Waals surface area contributed by atoms with Crippen LogP contribution in [0.5, 0.6) is 0 Å². The number of rotatable bonds is 7. The van der Waals surface area contributed by atoms with E-state index in [9.17, 15) is 27.0 Å². The van der Waals surface area contributed by atoms with Crippen molar-refractivity contribution >= 4 is 20.2 Å². The molecule has 14 nitrogen and oxygen atoms in total. The summed E-state index contributed by atoms with van der Waals surface area (Å²) in [6.07, 6.45) is -9.55. The number of hydrogen-bond donors (Lipinski definition) is 4. The fourth-order valence-electron chi connectivity index (χ4n) is 3.31. The summed E-state index contributed by atoms with van der Waals surface area (Å²) in [6.45, 7) is 2.62. The molecule has 0 aromatic rings. The summed E-state index contributed by atoms with van der Waals surface area (Å²) in [5, 5.41) is 34.1. The van der Waals surface area contributed by atoms with Crippen LogP contribution in [0.15, 0.2) is 0 Å². The van der Waals surface area contributed by atoms with Gasteiger partial charge in [-0.1, -0.05) is 6.92 Å². The highest BCUT2D eigenvalue weighted by Gasteiger charge is 2.56. The van der Waals surface area contributed by atoms with Crippen LogP contribution in [0.25, 0.3) is 0 Å². The molecular formula is C13H24O14S2. The molecule has 16 heteroatoms. The Hall–Kier alpha value is -0.500. The van der Waals surface area contributed by atoms with Gasteiger partial charge in [0.1, 0.15) is 17.5 Å². The Morgan fingerprint density at radius 3 is 1.97 bits per heavy atom. The minimum absolute atomic E-state index is 0.178. The smallest absolute Gasteiger partial charge is 0.303 e. The minimum Gasteiger partial charge on any atom is -0.391 e. The third-order valence-corrected chi connectivity index (χ3v) is 7.66. The standard InChI is InChI=1S/C13H24O14S2/c1-5-4-23-13(11(7(5)14)29(20,21)27-17)25-9-6(2)24-12(22-3)8(15)10(9)28(18,19)26-16/h5-17H,4H2,1-3H3/t5-,6?,7?,8?,9+,10-,11+,12-,13+/m1/s1. The van der Waals surface area contributed by atoms with Gasteiger partial charge < -0.3 is 29.2 Å². The fourth-order valence-corrected chi connectivity index (χ4v) is 5.61. The summed E-state index contributed by atoms with van der Waals surface area (Å²) in [5.74, 6) is -0.700. The second-order valence-electron chi connectivity index (χ2n) is 6.77. The first-order valence-corrected chi connectivity index (χ1v) is 11.3. The number of methoxy groups -OCH3 is 1. The van der Waals surface area contributed by atoms with Crippen molar-refractivity contribution in [2.75, 3.05) is 13.7 Å². The molecule has 0 aromatic carbocycles. The first kappa shape index (κ1) is 24.8. The molecule has 4 N–H and O–H groups in total. The largest absolute Gasteiger partial charge is 0.391 e. The van der Waals surface area contributed by atoms with E-state index in [0.29, 0.717) is 0 Å². The zero-order valence-corrected chi connectivity index (χ0v) is 17.2. The summed E-state index contributed by atoms with van der Waals surface area (Å²) in [7, 11) is -8.53. The van der Waals surface area contributed by atoms with E-state index in [2.05, 4.69) is 8.67 Å². The molecule has 0 spiro atoms. The highest BCUT2D eigenvalue weighted by molar-refractivity contribution is 7.87. The highest BCUT2D eigenvalue weighted by Crippen LogP contribution is 2.34. The normalized spacial score (nSPS) is 42.0. The third-order valence-electron chi connectivity index (χ3n) is 4.86. The molecule has 2 fully saturated rings. The lowest BCUT2D eigenvalue weighted by Crippen LogP contribution is -2.64. The first-order valence-electron chi connectivity index (χ1n) is 8.36. The van der Waals surface area contributed by atoms with Crippen LogP contribution in [0.3, 0.4) is 0 Å². The van der Waals surface area contributed by atoms with Crippen molar-refractivity contribution in [1.82, 2.24) is 0 Å². The molecule has 0 amide bonds. The molecule has 2 saturated heterocycles. The molecule has 172 valence electrons. The maximum atomic E-state index is 12.2. The maximum Gasteiger partial charge on any atom is 0.303 e. The van der Waals surface area contributed by atoms with Crippen molar-refractivity contribution in [2.45, 2.75) is 61.3 Å². The van der Waals surface area contributed by atoms with Gasteiger partial charge in [0, 0.05) is 13.0 Å². The van der Waals surface area contributed by atoms with Crippen molar-refractivity contribution in [2.24, 2.45) is 5.92 Å². The van der Waals surface area contributed by atoms with Crippen molar-refractivity contribution in [3.63, 3.8) is 0 Å². The molecule has 0 aromatic heterocycles. The zero-order valence-electron chi connectivity index (χ0n) is 15.6. The molecule has 2 heterocycles. The summed E-state index contributed by atoms with van der Waals surface area (Å²) < 4.78 is 76.4. The van der Waals surface area contributed by atoms with Gasteiger partial charge in [0.15, 0.2) is 17.8 Å². The lowest BCUT2D eigenvalue weighted by atomic mass is 9.99. The minimum atomic E-state index is -4.86. The Bertz CT molecular complexity index is 753. The third kappa shape index (κ3) is 4.89. The van der Waals surface area contributed by atoms with Crippen molar-refractivity contribution in [1.29, 1.82) is 0 Å². The van der Waals surface area contributed by atoms with E-state index < -0.39 is 73.6 Å². The van der Waals surface area contributed by atoms with E-state index in [1.54, 1.807) is 0 Å². The lowest BCUT2D eigenvalue weighted by Gasteiger charge is -2.45. The monoisotopic (exact) mass is 468 g/mol. The van der Waals surface area contributed by atoms with Gasteiger partial charge >= 0.3 is 20.2 Å². The van der Waals surface area contributed by atoms with Crippen LogP contribution in [0, 0.1) is 5.92 Å². The summed E-state index contributed by atoms with van der Waals surface area (Å²) in [6, 6.07) is 0. The van der Waals surface area contributed by atoms with Crippen LogP contribution in [-0.2, 0) is 47.9 Å². The average molecular weight is 468 g/mol. The molecule has 2 rings (SSSR count). The molecule has 2 aliphatic rings. The van der Waals surface area contributed by atoms with E-state index >= 15 is 0 Å². The second kappa shape index (κ2) is 9.33. The summed E-state index contributed by atoms with van der Waals surface area (Å²) in [4.78, 5) is 0. The number of ether oxygens (including phenoxy) is 4. The second-order valence-corrected chi connectivity index (χ2v) is 10.1. The summed E-state index contributed by atoms with van der Waals surface area (Å²) >= 11 is 0. The topological polar surface area (TPSA) is 205 Å². The quantitative estimate of drug-likeness (QED) is 0.232. The fraction of sp³-hybridized carbons (Fsp3) is 1.00. The van der Waals surface area contributed by atoms with Crippen molar-refractivity contribution < 1.29 is 65.2 Å². The first-order chi connectivity index (χ1) is 13.4. The molecule has 2 aliphatic heterocycles. The van der Waals surface area contributed by atoms with Crippen LogP contribution >= 0.6 is 0 Å². The Kier molecular flexibility index (Phi) is 7.97. The Morgan fingerprint density at radius 1 is 0.897 bits per heavy atom. The van der Waals surface area contributed by atoms with Gasteiger partial charge in [-0.2, -0.15) is 16.8 Å². The molecule has 0 bridgehead atoms. The van der Waals surface area contributed by atoms with Gasteiger partial charge in [0.05, 0.1) is 18.8 Å². The SMILES string of the molecule is CO[C@@H]1OC(C)[C@H](O[C@@H]2OC[C@@H](C)C(O)[C@@H]2S(=O)(=O)OO)[C@H](S(=O)(=O)OO)C1O. The number of aliphatic hydroxyl groups excluding tert-OH is 2. The lowest BCUT2D eigenvalue weighted by molar-refractivity contribution is -0.293. The van der Waals surface area contributed by atoms with E-state index in [1.165, 1.54) is 13.8 Å². The van der Waals surface area contributed by atoms with Gasteiger partial charge in [-0.05, 0) is 6.92 Å². The maximum absolute atomic E-state index is 12.2. The molecule has 0 aliphatic carbocycles. The molecule has 29 heavy (non-hydrogen) atoms. The van der Waals surface area contributed by atoms with E-state index in [1.807, 2.05) is 0 Å². The van der Waals surface area contributed by atoms with Gasteiger partial charge in [0.2, 0.25) is 0 Å². The van der Waals surface area contributed by atoms with E-state index in [-0.39, 0.29) is 6.61 Å². The molecule has 3 unspecified atom stereocenters. The van der Waals surface area contributed by atoms with Gasteiger partial charge in [-0.25, -0.2) is 10.5 Å². The van der Waals surface area contributed by atoms with E-state index in [0.717, 1.165) is 7.11 Å². The molecule has 9 atom stereocenters. The Labute approximate surface area is 166 Å². The van der Waals surface area contributed by atoms with Gasteiger partial charge in [-0.15, -0.1) is 8.67 Å².